The van der Waals surface area contributed by atoms with E-state index >= 15 is 0 Å². The van der Waals surface area contributed by atoms with Gasteiger partial charge in [-0.3, -0.25) is 9.69 Å². The van der Waals surface area contributed by atoms with Crippen molar-refractivity contribution >= 4 is 17.0 Å². The number of likely N-dealkylation sites (tertiary alicyclic amines) is 1. The Morgan fingerprint density at radius 3 is 2.37 bits per heavy atom. The molecule has 0 bridgehead atoms. The number of piperidine rings is 1. The predicted octanol–water partition coefficient (Wildman–Crippen LogP) is 4.98. The number of benzene rings is 3. The second-order valence-corrected chi connectivity index (χ2v) is 8.84. The third-order valence-corrected chi connectivity index (χ3v) is 6.55. The van der Waals surface area contributed by atoms with Crippen LogP contribution < -0.4 is 15.2 Å². The third-order valence-electron chi connectivity index (χ3n) is 6.55. The second kappa shape index (κ2) is 10.6. The molecule has 1 unspecified atom stereocenters. The first kappa shape index (κ1) is 22.9. The molecule has 2 N–H and O–H groups in total. The molecule has 3 aromatic carbocycles. The fraction of sp³-hybridized carbons (Fsp3) is 0.286. The lowest BCUT2D eigenvalue weighted by atomic mass is 9.79. The quantitative estimate of drug-likeness (QED) is 0.370. The van der Waals surface area contributed by atoms with Crippen molar-refractivity contribution in [3.63, 3.8) is 0 Å². The van der Waals surface area contributed by atoms with Crippen LogP contribution in [0.2, 0.25) is 0 Å². The minimum atomic E-state index is -0.235. The van der Waals surface area contributed by atoms with E-state index in [2.05, 4.69) is 9.88 Å². The summed E-state index contributed by atoms with van der Waals surface area (Å²) in [6, 6.07) is 24.9. The number of hydrogen-bond donors (Lipinski definition) is 1. The maximum absolute atomic E-state index is 12.1. The van der Waals surface area contributed by atoms with Crippen molar-refractivity contribution in [1.29, 1.82) is 0 Å². The van der Waals surface area contributed by atoms with Crippen LogP contribution in [-0.2, 0) is 4.79 Å². The zero-order valence-corrected chi connectivity index (χ0v) is 19.5. The van der Waals surface area contributed by atoms with E-state index in [1.165, 1.54) is 0 Å². The molecule has 1 amide bonds. The fourth-order valence-electron chi connectivity index (χ4n) is 4.73. The Bertz CT molecular complexity index is 1220. The molecule has 4 aromatic rings. The summed E-state index contributed by atoms with van der Waals surface area (Å²) in [5.41, 5.74) is 8.23. The van der Waals surface area contributed by atoms with Gasteiger partial charge in [0.1, 0.15) is 23.6 Å². The van der Waals surface area contributed by atoms with Crippen molar-refractivity contribution in [2.24, 2.45) is 11.7 Å². The molecule has 1 aromatic heterocycles. The number of nitrogens with two attached hydrogens (primary N) is 1. The van der Waals surface area contributed by atoms with Crippen LogP contribution in [0.5, 0.6) is 17.6 Å². The number of carbonyl (C=O) groups excluding carboxylic acids is 1. The SMILES string of the molecule is NC(=O)C(c1ccccc1)C1CCN(CCOc2ccc(Oc3nc4ccccc4o3)cc2)CC1. The van der Waals surface area contributed by atoms with Crippen molar-refractivity contribution in [3.05, 3.63) is 84.4 Å². The Labute approximate surface area is 204 Å². The number of amides is 1. The lowest BCUT2D eigenvalue weighted by Crippen LogP contribution is -2.40. The summed E-state index contributed by atoms with van der Waals surface area (Å²) in [5, 5.41) is 0. The standard InChI is InChI=1S/C28H29N3O4/c29-27(32)26(20-6-2-1-3-7-20)21-14-16-31(17-15-21)18-19-33-22-10-12-23(13-11-22)34-28-30-24-8-4-5-9-25(24)35-28/h1-13,21,26H,14-19H2,(H2,29,32). The Hall–Kier alpha value is -3.84. The predicted molar refractivity (Wildman–Crippen MR) is 134 cm³/mol. The van der Waals surface area contributed by atoms with Gasteiger partial charge in [-0.25, -0.2) is 0 Å². The summed E-state index contributed by atoms with van der Waals surface area (Å²) in [6.07, 6.45) is 2.11. The first-order valence-electron chi connectivity index (χ1n) is 12.0. The van der Waals surface area contributed by atoms with Crippen molar-refractivity contribution in [2.45, 2.75) is 18.8 Å². The molecule has 2 heterocycles. The number of nitrogens with zero attached hydrogens (tertiary/aromatic N) is 2. The number of carbonyl (C=O) groups is 1. The van der Waals surface area contributed by atoms with Gasteiger partial charge in [0.05, 0.1) is 5.92 Å². The average molecular weight is 472 g/mol. The third kappa shape index (κ3) is 5.63. The molecular formula is C28H29N3O4. The molecule has 5 rings (SSSR count). The number of oxazole rings is 1. The monoisotopic (exact) mass is 471 g/mol. The smallest absolute Gasteiger partial charge is 0.400 e. The first-order valence-corrected chi connectivity index (χ1v) is 12.0. The molecule has 0 spiro atoms. The summed E-state index contributed by atoms with van der Waals surface area (Å²) < 4.78 is 17.3. The van der Waals surface area contributed by atoms with Crippen LogP contribution in [0.4, 0.5) is 0 Å². The van der Waals surface area contributed by atoms with Crippen molar-refractivity contribution in [2.75, 3.05) is 26.2 Å². The lowest BCUT2D eigenvalue weighted by Gasteiger charge is -2.35. The highest BCUT2D eigenvalue weighted by atomic mass is 16.6. The van der Waals surface area contributed by atoms with Gasteiger partial charge >= 0.3 is 6.08 Å². The minimum Gasteiger partial charge on any atom is -0.492 e. The van der Waals surface area contributed by atoms with Crippen molar-refractivity contribution < 1.29 is 18.7 Å². The summed E-state index contributed by atoms with van der Waals surface area (Å²) in [6.45, 7) is 3.29. The Morgan fingerprint density at radius 1 is 0.971 bits per heavy atom. The molecule has 1 saturated heterocycles. The van der Waals surface area contributed by atoms with Gasteiger partial charge in [-0.15, -0.1) is 0 Å². The molecule has 1 aliphatic rings. The Morgan fingerprint density at radius 2 is 1.66 bits per heavy atom. The van der Waals surface area contributed by atoms with Crippen LogP contribution in [-0.4, -0.2) is 42.0 Å². The molecule has 0 saturated carbocycles. The van der Waals surface area contributed by atoms with Crippen molar-refractivity contribution in [1.82, 2.24) is 9.88 Å². The van der Waals surface area contributed by atoms with Crippen LogP contribution in [0, 0.1) is 5.92 Å². The fourth-order valence-corrected chi connectivity index (χ4v) is 4.73. The summed E-state index contributed by atoms with van der Waals surface area (Å²) in [7, 11) is 0. The molecule has 1 fully saturated rings. The zero-order chi connectivity index (χ0) is 24.0. The largest absolute Gasteiger partial charge is 0.492 e. The number of ether oxygens (including phenoxy) is 2. The van der Waals surface area contributed by atoms with Crippen molar-refractivity contribution in [3.8, 4) is 17.6 Å². The van der Waals surface area contributed by atoms with E-state index < -0.39 is 0 Å². The van der Waals surface area contributed by atoms with Gasteiger partial charge in [0.2, 0.25) is 5.91 Å². The van der Waals surface area contributed by atoms with Gasteiger partial charge in [-0.2, -0.15) is 4.98 Å². The van der Waals surface area contributed by atoms with Gasteiger partial charge < -0.3 is 19.6 Å². The molecule has 7 heteroatoms. The maximum Gasteiger partial charge on any atom is 0.400 e. The molecule has 0 aliphatic carbocycles. The van der Waals surface area contributed by atoms with E-state index in [4.69, 9.17) is 19.6 Å². The topological polar surface area (TPSA) is 90.8 Å². The van der Waals surface area contributed by atoms with E-state index in [0.717, 1.165) is 49.3 Å². The van der Waals surface area contributed by atoms with Gasteiger partial charge in [-0.1, -0.05) is 42.5 Å². The molecule has 180 valence electrons. The molecule has 1 aliphatic heterocycles. The first-order chi connectivity index (χ1) is 17.2. The molecular weight excluding hydrogens is 442 g/mol. The van der Waals surface area contributed by atoms with E-state index in [9.17, 15) is 4.79 Å². The van der Waals surface area contributed by atoms with Gasteiger partial charge in [0.15, 0.2) is 5.58 Å². The maximum atomic E-state index is 12.1. The van der Waals surface area contributed by atoms with Crippen LogP contribution in [0.1, 0.15) is 24.3 Å². The zero-order valence-electron chi connectivity index (χ0n) is 19.5. The van der Waals surface area contributed by atoms with E-state index in [1.807, 2.05) is 78.9 Å². The van der Waals surface area contributed by atoms with Crippen LogP contribution >= 0.6 is 0 Å². The molecule has 35 heavy (non-hydrogen) atoms. The number of primary amides is 1. The number of aromatic nitrogens is 1. The normalized spacial score (nSPS) is 15.7. The average Bonchev–Trinajstić information content (AvgIpc) is 3.29. The van der Waals surface area contributed by atoms with Crippen LogP contribution in [0.15, 0.2) is 83.3 Å². The molecule has 0 radical (unpaired) electrons. The highest BCUT2D eigenvalue weighted by molar-refractivity contribution is 5.82. The molecule has 7 nitrogen and oxygen atoms in total. The van der Waals surface area contributed by atoms with Crippen LogP contribution in [0.25, 0.3) is 11.1 Å². The van der Waals surface area contributed by atoms with E-state index in [1.54, 1.807) is 0 Å². The number of hydrogen-bond acceptors (Lipinski definition) is 6. The summed E-state index contributed by atoms with van der Waals surface area (Å²) in [5.74, 6) is 1.24. The van der Waals surface area contributed by atoms with Gasteiger partial charge in [0.25, 0.3) is 0 Å². The molecule has 1 atom stereocenters. The van der Waals surface area contributed by atoms with Crippen LogP contribution in [0.3, 0.4) is 0 Å². The summed E-state index contributed by atoms with van der Waals surface area (Å²) in [4.78, 5) is 18.9. The highest BCUT2D eigenvalue weighted by Gasteiger charge is 2.31. The highest BCUT2D eigenvalue weighted by Crippen LogP contribution is 2.32. The number of rotatable bonds is 9. The second-order valence-electron chi connectivity index (χ2n) is 8.84. The van der Waals surface area contributed by atoms with E-state index in [-0.39, 0.29) is 23.8 Å². The van der Waals surface area contributed by atoms with Gasteiger partial charge in [-0.05, 0) is 73.8 Å². The van der Waals surface area contributed by atoms with E-state index in [0.29, 0.717) is 17.9 Å². The lowest BCUT2D eigenvalue weighted by molar-refractivity contribution is -0.121. The Kier molecular flexibility index (Phi) is 6.95. The number of fused-ring (bicyclic) bond motifs is 1. The van der Waals surface area contributed by atoms with Gasteiger partial charge in [0, 0.05) is 6.54 Å². The minimum absolute atomic E-state index is 0.217. The summed E-state index contributed by atoms with van der Waals surface area (Å²) >= 11 is 0. The Balaban J connectivity index is 1.07. The number of para-hydroxylation sites is 2.